The highest BCUT2D eigenvalue weighted by Gasteiger charge is 2.15. The summed E-state index contributed by atoms with van der Waals surface area (Å²) in [4.78, 5) is 12.7. The summed E-state index contributed by atoms with van der Waals surface area (Å²) in [7, 11) is 1.47. The molecule has 0 fully saturated rings. The van der Waals surface area contributed by atoms with E-state index in [-0.39, 0.29) is 17.4 Å². The predicted octanol–water partition coefficient (Wildman–Crippen LogP) is 4.35. The second-order valence-corrected chi connectivity index (χ2v) is 6.07. The fourth-order valence-electron chi connectivity index (χ4n) is 2.82. The van der Waals surface area contributed by atoms with Gasteiger partial charge >= 0.3 is 0 Å². The summed E-state index contributed by atoms with van der Waals surface area (Å²) < 4.78 is 10.9. The highest BCUT2D eigenvalue weighted by Crippen LogP contribution is 2.32. The number of nitrogens with zero attached hydrogens (tertiary/aromatic N) is 2. The lowest BCUT2D eigenvalue weighted by Gasteiger charge is -2.04. The van der Waals surface area contributed by atoms with Gasteiger partial charge in [-0.3, -0.25) is 4.79 Å². The van der Waals surface area contributed by atoms with Crippen molar-refractivity contribution in [2.24, 2.45) is 0 Å². The van der Waals surface area contributed by atoms with E-state index >= 15 is 0 Å². The summed E-state index contributed by atoms with van der Waals surface area (Å²) >= 11 is 0. The maximum absolute atomic E-state index is 12.7. The summed E-state index contributed by atoms with van der Waals surface area (Å²) in [5.74, 6) is 0.842. The van der Waals surface area contributed by atoms with Crippen molar-refractivity contribution in [1.82, 2.24) is 10.2 Å². The highest BCUT2D eigenvalue weighted by atomic mass is 16.5. The molecular weight excluding hydrogens is 356 g/mol. The van der Waals surface area contributed by atoms with Crippen LogP contribution in [0, 0.1) is 0 Å². The Morgan fingerprint density at radius 3 is 2.25 bits per heavy atom. The SMILES string of the molecule is COc1cc(-c2nnc(-c3cccc(C(=O)c4ccccc4)c3)o2)ccc1O. The molecule has 138 valence electrons. The van der Waals surface area contributed by atoms with E-state index in [1.54, 1.807) is 48.5 Å². The quantitative estimate of drug-likeness (QED) is 0.524. The maximum Gasteiger partial charge on any atom is 0.248 e. The zero-order valence-electron chi connectivity index (χ0n) is 15.0. The molecule has 0 radical (unpaired) electrons. The largest absolute Gasteiger partial charge is 0.504 e. The van der Waals surface area contributed by atoms with Gasteiger partial charge in [-0.2, -0.15) is 0 Å². The lowest BCUT2D eigenvalue weighted by molar-refractivity contribution is 0.103. The molecule has 0 saturated carbocycles. The predicted molar refractivity (Wildman–Crippen MR) is 103 cm³/mol. The molecule has 0 bridgehead atoms. The number of phenols is 1. The van der Waals surface area contributed by atoms with Crippen LogP contribution in [-0.4, -0.2) is 28.2 Å². The number of phenolic OH excluding ortho intramolecular Hbond substituents is 1. The number of rotatable bonds is 5. The summed E-state index contributed by atoms with van der Waals surface area (Å²) in [6.07, 6.45) is 0. The number of aromatic hydroxyl groups is 1. The normalized spacial score (nSPS) is 10.6. The number of ether oxygens (including phenoxy) is 1. The van der Waals surface area contributed by atoms with Gasteiger partial charge in [0.1, 0.15) is 0 Å². The fourth-order valence-corrected chi connectivity index (χ4v) is 2.82. The summed E-state index contributed by atoms with van der Waals surface area (Å²) in [5.41, 5.74) is 2.41. The lowest BCUT2D eigenvalue weighted by atomic mass is 10.0. The molecule has 6 heteroatoms. The third-order valence-electron chi connectivity index (χ3n) is 4.26. The second-order valence-electron chi connectivity index (χ2n) is 6.07. The standard InChI is InChI=1S/C22H16N2O4/c1-27-19-13-17(10-11-18(19)25)22-24-23-21(28-22)16-9-5-8-15(12-16)20(26)14-6-3-2-4-7-14/h2-13,25H,1H3. The number of carbonyl (C=O) groups excluding carboxylic acids is 1. The van der Waals surface area contributed by atoms with Gasteiger partial charge < -0.3 is 14.3 Å². The lowest BCUT2D eigenvalue weighted by Crippen LogP contribution is -2.00. The van der Waals surface area contributed by atoms with Crippen molar-refractivity contribution in [3.63, 3.8) is 0 Å². The Kier molecular flexibility index (Phi) is 4.60. The van der Waals surface area contributed by atoms with Gasteiger partial charge in [0.2, 0.25) is 11.8 Å². The average molecular weight is 372 g/mol. The number of aromatic nitrogens is 2. The number of hydrogen-bond acceptors (Lipinski definition) is 6. The van der Waals surface area contributed by atoms with Gasteiger partial charge in [-0.05, 0) is 30.3 Å². The van der Waals surface area contributed by atoms with Crippen LogP contribution < -0.4 is 4.74 Å². The van der Waals surface area contributed by atoms with Gasteiger partial charge in [-0.1, -0.05) is 42.5 Å². The maximum atomic E-state index is 12.7. The first kappa shape index (κ1) is 17.5. The van der Waals surface area contributed by atoms with Crippen LogP contribution in [0.25, 0.3) is 22.9 Å². The molecule has 3 aromatic carbocycles. The van der Waals surface area contributed by atoms with Gasteiger partial charge in [0.15, 0.2) is 17.3 Å². The van der Waals surface area contributed by atoms with Crippen LogP contribution in [-0.2, 0) is 0 Å². The number of carbonyl (C=O) groups is 1. The minimum absolute atomic E-state index is 0.0260. The second kappa shape index (κ2) is 7.36. The molecule has 0 atom stereocenters. The van der Waals surface area contributed by atoms with Gasteiger partial charge in [0.25, 0.3) is 0 Å². The number of ketones is 1. The molecule has 4 aromatic rings. The van der Waals surface area contributed by atoms with Crippen LogP contribution in [0.5, 0.6) is 11.5 Å². The third kappa shape index (κ3) is 3.35. The Morgan fingerprint density at radius 1 is 0.857 bits per heavy atom. The zero-order valence-corrected chi connectivity index (χ0v) is 15.0. The molecule has 0 aliphatic carbocycles. The first-order valence-corrected chi connectivity index (χ1v) is 8.57. The number of benzene rings is 3. The zero-order chi connectivity index (χ0) is 19.5. The fraction of sp³-hybridized carbons (Fsp3) is 0.0455. The Morgan fingerprint density at radius 2 is 1.54 bits per heavy atom. The van der Waals surface area contributed by atoms with Gasteiger partial charge in [0, 0.05) is 22.3 Å². The van der Waals surface area contributed by atoms with Crippen molar-refractivity contribution in [3.05, 3.63) is 83.9 Å². The molecule has 1 heterocycles. The molecule has 1 aromatic heterocycles. The molecule has 0 spiro atoms. The minimum atomic E-state index is -0.0783. The molecule has 4 rings (SSSR count). The topological polar surface area (TPSA) is 85.5 Å². The van der Waals surface area contributed by atoms with E-state index < -0.39 is 0 Å². The van der Waals surface area contributed by atoms with E-state index in [0.29, 0.717) is 33.9 Å². The van der Waals surface area contributed by atoms with Gasteiger partial charge in [-0.15, -0.1) is 10.2 Å². The van der Waals surface area contributed by atoms with Crippen LogP contribution in [0.4, 0.5) is 0 Å². The van der Waals surface area contributed by atoms with Crippen molar-refractivity contribution in [2.75, 3.05) is 7.11 Å². The molecule has 0 saturated heterocycles. The van der Waals surface area contributed by atoms with E-state index in [9.17, 15) is 9.90 Å². The Bertz CT molecular complexity index is 1140. The summed E-state index contributed by atoms with van der Waals surface area (Å²) in [5, 5.41) is 17.9. The molecule has 0 unspecified atom stereocenters. The Hall–Kier alpha value is -3.93. The van der Waals surface area contributed by atoms with Crippen LogP contribution in [0.15, 0.2) is 77.2 Å². The van der Waals surface area contributed by atoms with Crippen molar-refractivity contribution in [2.45, 2.75) is 0 Å². The molecule has 0 amide bonds. The van der Waals surface area contributed by atoms with Crippen LogP contribution in [0.2, 0.25) is 0 Å². The van der Waals surface area contributed by atoms with E-state index in [1.165, 1.54) is 13.2 Å². The molecule has 0 aliphatic rings. The Labute approximate surface area is 161 Å². The van der Waals surface area contributed by atoms with Crippen LogP contribution >= 0.6 is 0 Å². The van der Waals surface area contributed by atoms with Crippen molar-refractivity contribution in [1.29, 1.82) is 0 Å². The van der Waals surface area contributed by atoms with Crippen LogP contribution in [0.1, 0.15) is 15.9 Å². The first-order valence-electron chi connectivity index (χ1n) is 8.57. The molecule has 0 aliphatic heterocycles. The van der Waals surface area contributed by atoms with E-state index in [0.717, 1.165) is 0 Å². The van der Waals surface area contributed by atoms with Gasteiger partial charge in [-0.25, -0.2) is 0 Å². The summed E-state index contributed by atoms with van der Waals surface area (Å²) in [6.45, 7) is 0. The molecular formula is C22H16N2O4. The van der Waals surface area contributed by atoms with Crippen LogP contribution in [0.3, 0.4) is 0 Å². The smallest absolute Gasteiger partial charge is 0.248 e. The molecule has 1 N–H and O–H groups in total. The monoisotopic (exact) mass is 372 g/mol. The van der Waals surface area contributed by atoms with Gasteiger partial charge in [0.05, 0.1) is 7.11 Å². The van der Waals surface area contributed by atoms with E-state index in [1.807, 2.05) is 18.2 Å². The molecule has 6 nitrogen and oxygen atoms in total. The first-order chi connectivity index (χ1) is 13.7. The van der Waals surface area contributed by atoms with Crippen molar-refractivity contribution in [3.8, 4) is 34.4 Å². The molecule has 28 heavy (non-hydrogen) atoms. The summed E-state index contributed by atoms with van der Waals surface area (Å²) in [6, 6.07) is 20.9. The van der Waals surface area contributed by atoms with E-state index in [4.69, 9.17) is 9.15 Å². The number of methoxy groups -OCH3 is 1. The Balaban J connectivity index is 1.65. The number of hydrogen-bond donors (Lipinski definition) is 1. The highest BCUT2D eigenvalue weighted by molar-refractivity contribution is 6.09. The van der Waals surface area contributed by atoms with Crippen molar-refractivity contribution >= 4 is 5.78 Å². The van der Waals surface area contributed by atoms with E-state index in [2.05, 4.69) is 10.2 Å². The average Bonchev–Trinajstić information content (AvgIpc) is 3.24. The third-order valence-corrected chi connectivity index (χ3v) is 4.26. The van der Waals surface area contributed by atoms with Crippen molar-refractivity contribution < 1.29 is 19.1 Å². The minimum Gasteiger partial charge on any atom is -0.504 e.